The Balaban J connectivity index is 2.50. The van der Waals surface area contributed by atoms with Crippen LogP contribution in [0.25, 0.3) is 0 Å². The lowest BCUT2D eigenvalue weighted by atomic mass is 10.1. The molecule has 5 nitrogen and oxygen atoms in total. The summed E-state index contributed by atoms with van der Waals surface area (Å²) in [6.45, 7) is 5.13. The predicted molar refractivity (Wildman–Crippen MR) is 93.8 cm³/mol. The number of esters is 1. The first-order valence-corrected chi connectivity index (χ1v) is 8.38. The minimum Gasteiger partial charge on any atom is -0.469 e. The second-order valence-corrected chi connectivity index (χ2v) is 6.10. The van der Waals surface area contributed by atoms with Crippen molar-refractivity contribution >= 4 is 11.9 Å². The summed E-state index contributed by atoms with van der Waals surface area (Å²) in [6, 6.07) is 8.36. The van der Waals surface area contributed by atoms with E-state index in [0.29, 0.717) is 26.1 Å². The van der Waals surface area contributed by atoms with Crippen LogP contribution < -0.4 is 0 Å². The monoisotopic (exact) mass is 335 g/mol. The molecule has 0 aliphatic carbocycles. The van der Waals surface area contributed by atoms with Crippen LogP contribution in [0.15, 0.2) is 24.3 Å². The van der Waals surface area contributed by atoms with Crippen LogP contribution in [0.4, 0.5) is 0 Å². The third-order valence-corrected chi connectivity index (χ3v) is 3.99. The third kappa shape index (κ3) is 7.13. The molecule has 24 heavy (non-hydrogen) atoms. The molecule has 0 N–H and O–H groups in total. The van der Waals surface area contributed by atoms with Crippen LogP contribution in [0.3, 0.4) is 0 Å². The van der Waals surface area contributed by atoms with E-state index in [0.717, 1.165) is 12.8 Å². The second kappa shape index (κ2) is 10.8. The topological polar surface area (TPSA) is 55.8 Å². The maximum absolute atomic E-state index is 12.5. The van der Waals surface area contributed by atoms with Crippen molar-refractivity contribution in [2.24, 2.45) is 5.92 Å². The molecule has 1 aromatic carbocycles. The van der Waals surface area contributed by atoms with Gasteiger partial charge in [-0.2, -0.15) is 0 Å². The molecule has 0 fully saturated rings. The third-order valence-electron chi connectivity index (χ3n) is 3.99. The molecule has 0 aliphatic rings. The van der Waals surface area contributed by atoms with Crippen molar-refractivity contribution in [3.05, 3.63) is 35.4 Å². The smallest absolute Gasteiger partial charge is 0.310 e. The lowest BCUT2D eigenvalue weighted by Crippen LogP contribution is -2.39. The van der Waals surface area contributed by atoms with Crippen molar-refractivity contribution in [3.8, 4) is 0 Å². The Hall–Kier alpha value is -1.88. The lowest BCUT2D eigenvalue weighted by molar-refractivity contribution is -0.146. The van der Waals surface area contributed by atoms with Crippen molar-refractivity contribution in [3.63, 3.8) is 0 Å². The van der Waals surface area contributed by atoms with Gasteiger partial charge in [-0.1, -0.05) is 36.8 Å². The molecule has 0 heterocycles. The SMILES string of the molecule is COCCN(CC(C)C(=O)OC)C(=O)CCCc1ccc(C)cc1. The predicted octanol–water partition coefficient (Wildman–Crippen LogP) is 2.60. The maximum atomic E-state index is 12.5. The molecular weight excluding hydrogens is 306 g/mol. The van der Waals surface area contributed by atoms with E-state index < -0.39 is 0 Å². The molecule has 0 aromatic heterocycles. The fourth-order valence-corrected chi connectivity index (χ4v) is 2.48. The summed E-state index contributed by atoms with van der Waals surface area (Å²) in [7, 11) is 2.96. The van der Waals surface area contributed by atoms with Gasteiger partial charge in [0.1, 0.15) is 0 Å². The Kier molecular flexibility index (Phi) is 9.08. The Labute approximate surface area is 144 Å². The van der Waals surface area contributed by atoms with Crippen LogP contribution in [0.1, 0.15) is 30.9 Å². The second-order valence-electron chi connectivity index (χ2n) is 6.10. The van der Waals surface area contributed by atoms with Gasteiger partial charge in [0.15, 0.2) is 0 Å². The van der Waals surface area contributed by atoms with Crippen molar-refractivity contribution in [1.82, 2.24) is 4.90 Å². The van der Waals surface area contributed by atoms with Gasteiger partial charge in [0.05, 0.1) is 19.6 Å². The quantitative estimate of drug-likeness (QED) is 0.617. The van der Waals surface area contributed by atoms with Crippen LogP contribution in [0.2, 0.25) is 0 Å². The zero-order valence-electron chi connectivity index (χ0n) is 15.2. The van der Waals surface area contributed by atoms with E-state index in [4.69, 9.17) is 9.47 Å². The molecule has 0 radical (unpaired) electrons. The summed E-state index contributed by atoms with van der Waals surface area (Å²) in [5.41, 5.74) is 2.47. The number of methoxy groups -OCH3 is 2. The number of aryl methyl sites for hydroxylation is 2. The van der Waals surface area contributed by atoms with Crippen molar-refractivity contribution < 1.29 is 19.1 Å². The number of benzene rings is 1. The zero-order valence-corrected chi connectivity index (χ0v) is 15.2. The minimum absolute atomic E-state index is 0.0508. The summed E-state index contributed by atoms with van der Waals surface area (Å²) in [5, 5.41) is 0. The summed E-state index contributed by atoms with van der Waals surface area (Å²) < 4.78 is 9.80. The van der Waals surface area contributed by atoms with E-state index >= 15 is 0 Å². The van der Waals surface area contributed by atoms with Crippen LogP contribution in [-0.2, 0) is 25.5 Å². The minimum atomic E-state index is -0.340. The fraction of sp³-hybridized carbons (Fsp3) is 0.579. The van der Waals surface area contributed by atoms with Gasteiger partial charge in [-0.3, -0.25) is 9.59 Å². The van der Waals surface area contributed by atoms with Gasteiger partial charge < -0.3 is 14.4 Å². The van der Waals surface area contributed by atoms with Crippen LogP contribution >= 0.6 is 0 Å². The number of ether oxygens (including phenoxy) is 2. The van der Waals surface area contributed by atoms with E-state index in [1.165, 1.54) is 18.2 Å². The van der Waals surface area contributed by atoms with Crippen LogP contribution in [-0.4, -0.2) is 50.7 Å². The van der Waals surface area contributed by atoms with E-state index in [2.05, 4.69) is 31.2 Å². The molecule has 0 spiro atoms. The van der Waals surface area contributed by atoms with Gasteiger partial charge in [0.25, 0.3) is 0 Å². The van der Waals surface area contributed by atoms with Gasteiger partial charge in [-0.05, 0) is 25.3 Å². The number of hydrogen-bond donors (Lipinski definition) is 0. The number of hydrogen-bond acceptors (Lipinski definition) is 4. The van der Waals surface area contributed by atoms with Gasteiger partial charge in [0, 0.05) is 26.6 Å². The van der Waals surface area contributed by atoms with E-state index in [-0.39, 0.29) is 17.8 Å². The highest BCUT2D eigenvalue weighted by atomic mass is 16.5. The number of rotatable bonds is 10. The molecule has 1 atom stereocenters. The molecule has 1 amide bonds. The molecule has 0 bridgehead atoms. The first-order chi connectivity index (χ1) is 11.5. The van der Waals surface area contributed by atoms with Gasteiger partial charge in [0.2, 0.25) is 5.91 Å². The molecule has 5 heteroatoms. The Morgan fingerprint density at radius 2 is 1.83 bits per heavy atom. The average molecular weight is 335 g/mol. The molecule has 1 rings (SSSR count). The largest absolute Gasteiger partial charge is 0.469 e. The number of carbonyl (C=O) groups excluding carboxylic acids is 2. The summed E-state index contributed by atoms with van der Waals surface area (Å²) in [4.78, 5) is 25.7. The molecule has 1 unspecified atom stereocenters. The highest BCUT2D eigenvalue weighted by Gasteiger charge is 2.21. The summed E-state index contributed by atoms with van der Waals surface area (Å²) in [6.07, 6.45) is 2.13. The van der Waals surface area contributed by atoms with E-state index in [1.807, 2.05) is 0 Å². The lowest BCUT2D eigenvalue weighted by Gasteiger charge is -2.25. The van der Waals surface area contributed by atoms with Gasteiger partial charge in [-0.15, -0.1) is 0 Å². The Bertz CT molecular complexity index is 513. The number of nitrogens with zero attached hydrogens (tertiary/aromatic N) is 1. The van der Waals surface area contributed by atoms with Crippen molar-refractivity contribution in [2.45, 2.75) is 33.1 Å². The Morgan fingerprint density at radius 3 is 2.42 bits per heavy atom. The van der Waals surface area contributed by atoms with E-state index in [1.54, 1.807) is 18.9 Å². The van der Waals surface area contributed by atoms with Gasteiger partial charge >= 0.3 is 5.97 Å². The van der Waals surface area contributed by atoms with Crippen molar-refractivity contribution in [2.75, 3.05) is 33.9 Å². The van der Waals surface area contributed by atoms with Crippen LogP contribution in [0, 0.1) is 12.8 Å². The number of amides is 1. The maximum Gasteiger partial charge on any atom is 0.310 e. The standard InChI is InChI=1S/C19H29NO4/c1-15-8-10-17(11-9-15)6-5-7-18(21)20(12-13-23-3)14-16(2)19(22)24-4/h8-11,16H,5-7,12-14H2,1-4H3. The molecule has 1 aromatic rings. The average Bonchev–Trinajstić information content (AvgIpc) is 2.59. The Morgan fingerprint density at radius 1 is 1.17 bits per heavy atom. The highest BCUT2D eigenvalue weighted by Crippen LogP contribution is 2.10. The molecule has 0 saturated carbocycles. The summed E-state index contributed by atoms with van der Waals surface area (Å²) >= 11 is 0. The first kappa shape index (κ1) is 20.2. The summed E-state index contributed by atoms with van der Waals surface area (Å²) in [5.74, 6) is -0.590. The number of carbonyl (C=O) groups is 2. The molecule has 134 valence electrons. The zero-order chi connectivity index (χ0) is 17.9. The van der Waals surface area contributed by atoms with Gasteiger partial charge in [-0.25, -0.2) is 0 Å². The molecule has 0 aliphatic heterocycles. The van der Waals surface area contributed by atoms with Crippen LogP contribution in [0.5, 0.6) is 0 Å². The van der Waals surface area contributed by atoms with E-state index in [9.17, 15) is 9.59 Å². The molecular formula is C19H29NO4. The first-order valence-electron chi connectivity index (χ1n) is 8.38. The normalized spacial score (nSPS) is 11.8. The molecule has 0 saturated heterocycles. The fourth-order valence-electron chi connectivity index (χ4n) is 2.48. The van der Waals surface area contributed by atoms with Crippen molar-refractivity contribution in [1.29, 1.82) is 0 Å². The highest BCUT2D eigenvalue weighted by molar-refractivity contribution is 5.78.